The molecule has 0 N–H and O–H groups in total. The van der Waals surface area contributed by atoms with Gasteiger partial charge in [0.1, 0.15) is 12.1 Å². The Balaban J connectivity index is 1.74. The molecule has 0 unspecified atom stereocenters. The standard InChI is InChI=1S/C23H17F2N5O3/c1-32-17-6-4-16(5-7-17)30-22-14(3-9-21(27-22)33-12-19(24)25)10-18(23(30)31)15-2-8-20-28-26-13-29(20)11-15/h2-11,13,19H,12H2,1H3. The van der Waals surface area contributed by atoms with Crippen molar-refractivity contribution in [1.82, 2.24) is 24.1 Å². The van der Waals surface area contributed by atoms with Crippen LogP contribution in [0.3, 0.4) is 0 Å². The van der Waals surface area contributed by atoms with Gasteiger partial charge in [-0.05, 0) is 48.5 Å². The van der Waals surface area contributed by atoms with Gasteiger partial charge in [-0.15, -0.1) is 10.2 Å². The van der Waals surface area contributed by atoms with Crippen molar-refractivity contribution in [3.63, 3.8) is 0 Å². The van der Waals surface area contributed by atoms with Crippen molar-refractivity contribution >= 4 is 16.7 Å². The van der Waals surface area contributed by atoms with Gasteiger partial charge in [-0.25, -0.2) is 8.78 Å². The lowest BCUT2D eigenvalue weighted by Crippen LogP contribution is -2.21. The Morgan fingerprint density at radius 1 is 1.06 bits per heavy atom. The molecule has 5 aromatic rings. The molecule has 0 fully saturated rings. The highest BCUT2D eigenvalue weighted by molar-refractivity contribution is 5.83. The molecule has 0 aliphatic carbocycles. The van der Waals surface area contributed by atoms with Gasteiger partial charge in [0.05, 0.1) is 12.8 Å². The maximum atomic E-state index is 13.7. The van der Waals surface area contributed by atoms with Gasteiger partial charge in [-0.3, -0.25) is 13.8 Å². The molecule has 8 nitrogen and oxygen atoms in total. The molecule has 4 aromatic heterocycles. The Kier molecular flexibility index (Phi) is 5.17. The minimum atomic E-state index is -2.64. The third kappa shape index (κ3) is 3.86. The third-order valence-electron chi connectivity index (χ3n) is 5.11. The van der Waals surface area contributed by atoms with Gasteiger partial charge in [0.25, 0.3) is 12.0 Å². The van der Waals surface area contributed by atoms with E-state index in [1.54, 1.807) is 72.6 Å². The van der Waals surface area contributed by atoms with Crippen LogP contribution in [0.25, 0.3) is 33.5 Å². The predicted molar refractivity (Wildman–Crippen MR) is 117 cm³/mol. The lowest BCUT2D eigenvalue weighted by molar-refractivity contribution is 0.0797. The van der Waals surface area contributed by atoms with Crippen LogP contribution in [0.4, 0.5) is 8.78 Å². The van der Waals surface area contributed by atoms with E-state index in [4.69, 9.17) is 9.47 Å². The quantitative estimate of drug-likeness (QED) is 0.393. The van der Waals surface area contributed by atoms with Crippen LogP contribution in [-0.4, -0.2) is 44.3 Å². The summed E-state index contributed by atoms with van der Waals surface area (Å²) in [6.07, 6.45) is 0.682. The molecular weight excluding hydrogens is 432 g/mol. The maximum absolute atomic E-state index is 13.7. The summed E-state index contributed by atoms with van der Waals surface area (Å²) in [5.74, 6) is 0.627. The van der Waals surface area contributed by atoms with Crippen LogP contribution >= 0.6 is 0 Å². The van der Waals surface area contributed by atoms with Gasteiger partial charge < -0.3 is 9.47 Å². The maximum Gasteiger partial charge on any atom is 0.272 e. The molecule has 1 aromatic carbocycles. The molecule has 4 heterocycles. The number of methoxy groups -OCH3 is 1. The molecule has 0 atom stereocenters. The average molecular weight is 449 g/mol. The van der Waals surface area contributed by atoms with E-state index < -0.39 is 13.0 Å². The van der Waals surface area contributed by atoms with E-state index in [1.165, 1.54) is 10.6 Å². The summed E-state index contributed by atoms with van der Waals surface area (Å²) in [5.41, 5.74) is 2.23. The molecular formula is C23H17F2N5O3. The molecule has 0 radical (unpaired) electrons. The average Bonchev–Trinajstić information content (AvgIpc) is 3.30. The van der Waals surface area contributed by atoms with Gasteiger partial charge in [0.2, 0.25) is 5.88 Å². The Bertz CT molecular complexity index is 1510. The molecule has 0 aliphatic rings. The predicted octanol–water partition coefficient (Wildman–Crippen LogP) is 3.75. The summed E-state index contributed by atoms with van der Waals surface area (Å²) in [7, 11) is 1.55. The van der Waals surface area contributed by atoms with Crippen LogP contribution in [0, 0.1) is 0 Å². The van der Waals surface area contributed by atoms with Gasteiger partial charge in [-0.2, -0.15) is 4.98 Å². The first-order valence-corrected chi connectivity index (χ1v) is 9.95. The molecule has 5 rings (SSSR count). The number of pyridine rings is 3. The second-order valence-corrected chi connectivity index (χ2v) is 7.18. The highest BCUT2D eigenvalue weighted by Crippen LogP contribution is 2.25. The normalized spacial score (nSPS) is 11.4. The van der Waals surface area contributed by atoms with Crippen LogP contribution in [0.1, 0.15) is 0 Å². The first-order valence-electron chi connectivity index (χ1n) is 9.95. The van der Waals surface area contributed by atoms with Crippen molar-refractivity contribution in [3.8, 4) is 28.4 Å². The lowest BCUT2D eigenvalue weighted by atomic mass is 10.1. The number of ether oxygens (including phenoxy) is 2. The monoisotopic (exact) mass is 449 g/mol. The first kappa shape index (κ1) is 20.6. The molecule has 0 saturated heterocycles. The van der Waals surface area contributed by atoms with E-state index in [1.807, 2.05) is 0 Å². The minimum absolute atomic E-state index is 0.00289. The van der Waals surface area contributed by atoms with Crippen molar-refractivity contribution < 1.29 is 18.3 Å². The van der Waals surface area contributed by atoms with Crippen LogP contribution in [0.2, 0.25) is 0 Å². The Labute approximate surface area is 185 Å². The number of rotatable bonds is 6. The van der Waals surface area contributed by atoms with Crippen LogP contribution in [0.5, 0.6) is 11.6 Å². The fraction of sp³-hybridized carbons (Fsp3) is 0.130. The zero-order valence-corrected chi connectivity index (χ0v) is 17.4. The molecule has 166 valence electrons. The lowest BCUT2D eigenvalue weighted by Gasteiger charge is -2.14. The molecule has 0 amide bonds. The fourth-order valence-electron chi connectivity index (χ4n) is 3.56. The highest BCUT2D eigenvalue weighted by atomic mass is 19.3. The summed E-state index contributed by atoms with van der Waals surface area (Å²) in [4.78, 5) is 18.0. The largest absolute Gasteiger partial charge is 0.497 e. The Hall–Kier alpha value is -4.34. The molecule has 10 heteroatoms. The smallest absolute Gasteiger partial charge is 0.272 e. The first-order chi connectivity index (χ1) is 16.0. The van der Waals surface area contributed by atoms with Gasteiger partial charge in [-0.1, -0.05) is 0 Å². The van der Waals surface area contributed by atoms with Crippen molar-refractivity contribution in [2.45, 2.75) is 6.43 Å². The number of hydrogen-bond acceptors (Lipinski definition) is 6. The van der Waals surface area contributed by atoms with E-state index in [-0.39, 0.29) is 17.1 Å². The summed E-state index contributed by atoms with van der Waals surface area (Å²) in [5, 5.41) is 8.49. The molecule has 0 saturated carbocycles. The van der Waals surface area contributed by atoms with Crippen LogP contribution in [-0.2, 0) is 0 Å². The second-order valence-electron chi connectivity index (χ2n) is 7.18. The van der Waals surface area contributed by atoms with Crippen molar-refractivity contribution in [1.29, 1.82) is 0 Å². The van der Waals surface area contributed by atoms with Crippen LogP contribution in [0.15, 0.2) is 71.9 Å². The molecule has 33 heavy (non-hydrogen) atoms. The van der Waals surface area contributed by atoms with E-state index in [2.05, 4.69) is 15.2 Å². The summed E-state index contributed by atoms with van der Waals surface area (Å²) < 4.78 is 38.7. The van der Waals surface area contributed by atoms with Crippen LogP contribution < -0.4 is 15.0 Å². The third-order valence-corrected chi connectivity index (χ3v) is 5.11. The number of fused-ring (bicyclic) bond motifs is 2. The van der Waals surface area contributed by atoms with Gasteiger partial charge in [0, 0.05) is 28.8 Å². The van der Waals surface area contributed by atoms with E-state index >= 15 is 0 Å². The number of aromatic nitrogens is 5. The minimum Gasteiger partial charge on any atom is -0.497 e. The van der Waals surface area contributed by atoms with E-state index in [9.17, 15) is 13.6 Å². The molecule has 0 bridgehead atoms. The fourth-order valence-corrected chi connectivity index (χ4v) is 3.56. The molecule has 0 aliphatic heterocycles. The SMILES string of the molecule is COc1ccc(-n2c(=O)c(-c3ccc4nncn4c3)cc3ccc(OCC(F)F)nc32)cc1. The summed E-state index contributed by atoms with van der Waals surface area (Å²) in [6.45, 7) is -0.789. The van der Waals surface area contributed by atoms with Crippen molar-refractivity contribution in [2.75, 3.05) is 13.7 Å². The summed E-state index contributed by atoms with van der Waals surface area (Å²) >= 11 is 0. The number of benzene rings is 1. The van der Waals surface area contributed by atoms with Crippen molar-refractivity contribution in [2.24, 2.45) is 0 Å². The Morgan fingerprint density at radius 2 is 1.88 bits per heavy atom. The summed E-state index contributed by atoms with van der Waals surface area (Å²) in [6, 6.07) is 15.3. The molecule has 0 spiro atoms. The Morgan fingerprint density at radius 3 is 2.64 bits per heavy atom. The highest BCUT2D eigenvalue weighted by Gasteiger charge is 2.16. The van der Waals surface area contributed by atoms with Gasteiger partial charge >= 0.3 is 0 Å². The zero-order chi connectivity index (χ0) is 22.9. The number of hydrogen-bond donors (Lipinski definition) is 0. The van der Waals surface area contributed by atoms with Gasteiger partial charge in [0.15, 0.2) is 17.9 Å². The number of alkyl halides is 2. The van der Waals surface area contributed by atoms with E-state index in [0.717, 1.165) is 0 Å². The number of halogens is 2. The van der Waals surface area contributed by atoms with Crippen molar-refractivity contribution in [3.05, 3.63) is 77.5 Å². The zero-order valence-electron chi connectivity index (χ0n) is 17.4. The second kappa shape index (κ2) is 8.30. The topological polar surface area (TPSA) is 83.5 Å². The van der Waals surface area contributed by atoms with E-state index in [0.29, 0.717) is 33.6 Å². The number of nitrogens with zero attached hydrogens (tertiary/aromatic N) is 5.